The number of hydrogen-bond acceptors (Lipinski definition) is 5. The molecule has 30 heavy (non-hydrogen) atoms. The van der Waals surface area contributed by atoms with Gasteiger partial charge in [0.05, 0.1) is 28.1 Å². The average Bonchev–Trinajstić information content (AvgIpc) is 3.32. The molecule has 0 saturated heterocycles. The highest BCUT2D eigenvalue weighted by Crippen LogP contribution is 2.41. The molecule has 7 heteroatoms. The fourth-order valence-corrected chi connectivity index (χ4v) is 3.94. The predicted molar refractivity (Wildman–Crippen MR) is 117 cm³/mol. The largest absolute Gasteiger partial charge is 0.383 e. The van der Waals surface area contributed by atoms with Crippen molar-refractivity contribution in [3.05, 3.63) is 65.7 Å². The number of nitriles is 1. The van der Waals surface area contributed by atoms with E-state index in [1.807, 2.05) is 12.1 Å². The lowest BCUT2D eigenvalue weighted by Crippen LogP contribution is -2.18. The zero-order chi connectivity index (χ0) is 20.9. The molecule has 0 atom stereocenters. The number of aromatic nitrogens is 3. The van der Waals surface area contributed by atoms with Crippen LogP contribution >= 0.6 is 0 Å². The van der Waals surface area contributed by atoms with Crippen LogP contribution in [-0.2, 0) is 5.41 Å². The molecule has 0 aliphatic carbocycles. The Bertz CT molecular complexity index is 1340. The number of halogens is 1. The van der Waals surface area contributed by atoms with Crippen molar-refractivity contribution in [1.82, 2.24) is 15.0 Å². The van der Waals surface area contributed by atoms with Gasteiger partial charge < -0.3 is 15.6 Å². The molecule has 0 spiro atoms. The third-order valence-corrected chi connectivity index (χ3v) is 5.53. The van der Waals surface area contributed by atoms with Crippen LogP contribution in [0.1, 0.15) is 26.4 Å². The molecule has 0 unspecified atom stereocenters. The quantitative estimate of drug-likeness (QED) is 0.433. The van der Waals surface area contributed by atoms with Gasteiger partial charge in [-0.15, -0.1) is 0 Å². The molecule has 5 rings (SSSR count). The summed E-state index contributed by atoms with van der Waals surface area (Å²) < 4.78 is 14.0. The first kappa shape index (κ1) is 18.1. The molecule has 0 radical (unpaired) electrons. The SMILES string of the molecule is CC1(C)CNc2c(C#N)cc(-c3ccnc(Nc4cc(F)cc5[nH]ccc45)n3)cc21.[HH]. The van der Waals surface area contributed by atoms with Crippen LogP contribution in [0.2, 0.25) is 0 Å². The second kappa shape index (κ2) is 6.56. The highest BCUT2D eigenvalue weighted by atomic mass is 19.1. The van der Waals surface area contributed by atoms with Crippen molar-refractivity contribution in [2.24, 2.45) is 0 Å². The van der Waals surface area contributed by atoms with Crippen molar-refractivity contribution in [1.29, 1.82) is 5.26 Å². The Balaban J connectivity index is 0.00000231. The molecule has 1 aliphatic heterocycles. The number of benzene rings is 2. The fourth-order valence-electron chi connectivity index (χ4n) is 3.94. The van der Waals surface area contributed by atoms with Crippen LogP contribution in [0.5, 0.6) is 0 Å². The maximum atomic E-state index is 14.0. The van der Waals surface area contributed by atoms with Crippen molar-refractivity contribution >= 4 is 28.2 Å². The predicted octanol–water partition coefficient (Wildman–Crippen LogP) is 5.33. The molecule has 2 aromatic heterocycles. The third-order valence-electron chi connectivity index (χ3n) is 5.53. The molecule has 0 saturated carbocycles. The van der Waals surface area contributed by atoms with E-state index in [1.54, 1.807) is 18.5 Å². The molecule has 0 amide bonds. The van der Waals surface area contributed by atoms with E-state index < -0.39 is 0 Å². The minimum atomic E-state index is -0.351. The number of hydrogen-bond donors (Lipinski definition) is 3. The zero-order valence-electron chi connectivity index (χ0n) is 16.5. The monoisotopic (exact) mass is 400 g/mol. The van der Waals surface area contributed by atoms with Crippen LogP contribution in [0.15, 0.2) is 48.8 Å². The Hall–Kier alpha value is -3.92. The van der Waals surface area contributed by atoms with Crippen LogP contribution in [-0.4, -0.2) is 21.5 Å². The van der Waals surface area contributed by atoms with E-state index in [0.717, 1.165) is 28.7 Å². The molecular formula is C23H21FN6. The maximum Gasteiger partial charge on any atom is 0.227 e. The summed E-state index contributed by atoms with van der Waals surface area (Å²) in [4.78, 5) is 11.9. The summed E-state index contributed by atoms with van der Waals surface area (Å²) in [6.45, 7) is 5.08. The Labute approximate surface area is 174 Å². The van der Waals surface area contributed by atoms with Crippen LogP contribution < -0.4 is 10.6 Å². The average molecular weight is 400 g/mol. The summed E-state index contributed by atoms with van der Waals surface area (Å²) in [5.41, 5.74) is 5.33. The first-order chi connectivity index (χ1) is 14.4. The second-order valence-corrected chi connectivity index (χ2v) is 8.08. The van der Waals surface area contributed by atoms with E-state index in [9.17, 15) is 9.65 Å². The molecule has 3 N–H and O–H groups in total. The summed E-state index contributed by atoms with van der Waals surface area (Å²) in [6, 6.07) is 12.7. The Kier molecular flexibility index (Phi) is 3.97. The molecular weight excluding hydrogens is 379 g/mol. The molecule has 6 nitrogen and oxygen atoms in total. The topological polar surface area (TPSA) is 89.4 Å². The van der Waals surface area contributed by atoms with Crippen LogP contribution in [0.3, 0.4) is 0 Å². The zero-order valence-corrected chi connectivity index (χ0v) is 16.5. The number of fused-ring (bicyclic) bond motifs is 2. The van der Waals surface area contributed by atoms with Gasteiger partial charge in [0.15, 0.2) is 0 Å². The van der Waals surface area contributed by atoms with Gasteiger partial charge in [-0.3, -0.25) is 0 Å². The molecule has 0 fully saturated rings. The number of aromatic amines is 1. The highest BCUT2D eigenvalue weighted by molar-refractivity contribution is 5.93. The van der Waals surface area contributed by atoms with Gasteiger partial charge in [-0.2, -0.15) is 5.26 Å². The summed E-state index contributed by atoms with van der Waals surface area (Å²) in [7, 11) is 0. The van der Waals surface area contributed by atoms with Gasteiger partial charge in [-0.25, -0.2) is 14.4 Å². The van der Waals surface area contributed by atoms with Gasteiger partial charge >= 0.3 is 0 Å². The van der Waals surface area contributed by atoms with Gasteiger partial charge in [-0.05, 0) is 42.0 Å². The van der Waals surface area contributed by atoms with Crippen molar-refractivity contribution in [2.45, 2.75) is 19.3 Å². The molecule has 150 valence electrons. The molecule has 3 heterocycles. The van der Waals surface area contributed by atoms with E-state index in [0.29, 0.717) is 28.4 Å². The van der Waals surface area contributed by atoms with Crippen molar-refractivity contribution < 1.29 is 5.82 Å². The van der Waals surface area contributed by atoms with Crippen LogP contribution in [0.4, 0.5) is 21.7 Å². The first-order valence-electron chi connectivity index (χ1n) is 9.64. The van der Waals surface area contributed by atoms with Gasteiger partial charge in [0, 0.05) is 36.7 Å². The van der Waals surface area contributed by atoms with E-state index in [2.05, 4.69) is 51.6 Å². The second-order valence-electron chi connectivity index (χ2n) is 8.08. The molecule has 0 bridgehead atoms. The molecule has 1 aliphatic rings. The van der Waals surface area contributed by atoms with Gasteiger partial charge in [-0.1, -0.05) is 13.8 Å². The Morgan fingerprint density at radius 1 is 1.23 bits per heavy atom. The van der Waals surface area contributed by atoms with Crippen LogP contribution in [0, 0.1) is 17.1 Å². The standard InChI is InChI=1S/C23H19FN6.H2/c1-23(2)12-28-21-14(11-25)7-13(8-17(21)23)18-4-6-27-22(29-18)30-20-10-15(24)9-19-16(20)3-5-26-19;/h3-10,26,28H,12H2,1-2H3,(H,27,29,30);1H. The third kappa shape index (κ3) is 2.94. The van der Waals surface area contributed by atoms with Crippen molar-refractivity contribution in [3.63, 3.8) is 0 Å². The Morgan fingerprint density at radius 3 is 2.93 bits per heavy atom. The Morgan fingerprint density at radius 2 is 2.10 bits per heavy atom. The lowest BCUT2D eigenvalue weighted by atomic mass is 9.85. The van der Waals surface area contributed by atoms with Crippen molar-refractivity contribution in [2.75, 3.05) is 17.2 Å². The summed E-state index contributed by atoms with van der Waals surface area (Å²) >= 11 is 0. The highest BCUT2D eigenvalue weighted by Gasteiger charge is 2.32. The van der Waals surface area contributed by atoms with Crippen LogP contribution in [0.25, 0.3) is 22.2 Å². The fraction of sp³-hybridized carbons (Fsp3) is 0.174. The van der Waals surface area contributed by atoms with E-state index in [-0.39, 0.29) is 12.7 Å². The van der Waals surface area contributed by atoms with E-state index in [1.165, 1.54) is 12.1 Å². The summed E-state index contributed by atoms with van der Waals surface area (Å²) in [5, 5.41) is 16.9. The van der Waals surface area contributed by atoms with E-state index in [4.69, 9.17) is 0 Å². The van der Waals surface area contributed by atoms with Gasteiger partial charge in [0.1, 0.15) is 11.9 Å². The molecule has 4 aromatic rings. The minimum Gasteiger partial charge on any atom is -0.383 e. The number of H-pyrrole nitrogens is 1. The van der Waals surface area contributed by atoms with Gasteiger partial charge in [0.25, 0.3) is 0 Å². The number of anilines is 3. The normalized spacial score (nSPS) is 14.2. The lowest BCUT2D eigenvalue weighted by Gasteiger charge is -2.18. The summed E-state index contributed by atoms with van der Waals surface area (Å²) in [6.07, 6.45) is 3.41. The molecule has 2 aromatic carbocycles. The summed E-state index contributed by atoms with van der Waals surface area (Å²) in [5.74, 6) is 0.00705. The smallest absolute Gasteiger partial charge is 0.227 e. The number of nitrogens with one attached hydrogen (secondary N) is 3. The maximum absolute atomic E-state index is 14.0. The first-order valence-corrected chi connectivity index (χ1v) is 9.64. The number of nitrogens with zero attached hydrogens (tertiary/aromatic N) is 3. The van der Waals surface area contributed by atoms with Gasteiger partial charge in [0.2, 0.25) is 5.95 Å². The van der Waals surface area contributed by atoms with E-state index >= 15 is 0 Å². The number of rotatable bonds is 3. The van der Waals surface area contributed by atoms with Crippen molar-refractivity contribution in [3.8, 4) is 17.3 Å². The lowest BCUT2D eigenvalue weighted by molar-refractivity contribution is 0.586. The minimum absolute atomic E-state index is 0.